The van der Waals surface area contributed by atoms with E-state index in [0.29, 0.717) is 29.8 Å². The fraction of sp³-hybridized carbons (Fsp3) is 0.421. The van der Waals surface area contributed by atoms with Crippen molar-refractivity contribution >= 4 is 17.5 Å². The molecule has 2 heterocycles. The Morgan fingerprint density at radius 2 is 2.16 bits per heavy atom. The Kier molecular flexibility index (Phi) is 5.23. The molecule has 0 saturated carbocycles. The van der Waals surface area contributed by atoms with Crippen LogP contribution in [0.5, 0.6) is 5.75 Å². The molecule has 0 fully saturated rings. The van der Waals surface area contributed by atoms with E-state index >= 15 is 0 Å². The van der Waals surface area contributed by atoms with Crippen molar-refractivity contribution in [1.82, 2.24) is 14.9 Å². The van der Waals surface area contributed by atoms with Crippen LogP contribution in [0.3, 0.4) is 0 Å². The number of hydrogen-bond acceptors (Lipinski definition) is 4. The van der Waals surface area contributed by atoms with Crippen LogP contribution in [0.15, 0.2) is 24.4 Å². The Morgan fingerprint density at radius 3 is 2.88 bits per heavy atom. The van der Waals surface area contributed by atoms with E-state index in [1.807, 2.05) is 19.2 Å². The van der Waals surface area contributed by atoms with Crippen molar-refractivity contribution in [3.8, 4) is 5.75 Å². The van der Waals surface area contributed by atoms with Crippen molar-refractivity contribution < 1.29 is 9.53 Å². The number of ether oxygens (including phenoxy) is 1. The first-order chi connectivity index (χ1) is 11.9. The standard InChI is InChI=1S/C19H22ClN3O2/c1-12(2)6-18-21-8-14-9-23(10-16(14)22-18)19(24)11-25-17-5-4-15(20)7-13(17)3/h4-5,7-8,12H,6,9-11H2,1-3H3. The van der Waals surface area contributed by atoms with Crippen LogP contribution in [0.4, 0.5) is 0 Å². The summed E-state index contributed by atoms with van der Waals surface area (Å²) < 4.78 is 5.66. The number of amides is 1. The van der Waals surface area contributed by atoms with Crippen LogP contribution in [0.25, 0.3) is 0 Å². The van der Waals surface area contributed by atoms with Gasteiger partial charge in [0, 0.05) is 29.7 Å². The second-order valence-electron chi connectivity index (χ2n) is 6.80. The highest BCUT2D eigenvalue weighted by Gasteiger charge is 2.25. The van der Waals surface area contributed by atoms with E-state index in [4.69, 9.17) is 16.3 Å². The molecule has 0 atom stereocenters. The highest BCUT2D eigenvalue weighted by atomic mass is 35.5. The van der Waals surface area contributed by atoms with Gasteiger partial charge in [0.1, 0.15) is 11.6 Å². The molecule has 1 aromatic carbocycles. The summed E-state index contributed by atoms with van der Waals surface area (Å²) in [6.45, 7) is 7.25. The van der Waals surface area contributed by atoms with Crippen LogP contribution in [0.1, 0.15) is 36.5 Å². The lowest BCUT2D eigenvalue weighted by Gasteiger charge is -2.16. The number of fused-ring (bicyclic) bond motifs is 1. The van der Waals surface area contributed by atoms with Gasteiger partial charge < -0.3 is 9.64 Å². The molecule has 0 N–H and O–H groups in total. The van der Waals surface area contributed by atoms with Crippen LogP contribution in [-0.2, 0) is 24.3 Å². The maximum atomic E-state index is 12.5. The van der Waals surface area contributed by atoms with E-state index in [1.54, 1.807) is 17.0 Å². The van der Waals surface area contributed by atoms with E-state index in [-0.39, 0.29) is 12.5 Å². The molecule has 0 aliphatic carbocycles. The van der Waals surface area contributed by atoms with E-state index in [0.717, 1.165) is 29.1 Å². The van der Waals surface area contributed by atoms with Crippen molar-refractivity contribution in [3.63, 3.8) is 0 Å². The number of carbonyl (C=O) groups excluding carboxylic acids is 1. The highest BCUT2D eigenvalue weighted by molar-refractivity contribution is 6.30. The van der Waals surface area contributed by atoms with Gasteiger partial charge in [0.25, 0.3) is 5.91 Å². The number of rotatable bonds is 5. The number of benzene rings is 1. The maximum Gasteiger partial charge on any atom is 0.261 e. The molecule has 0 saturated heterocycles. The van der Waals surface area contributed by atoms with Gasteiger partial charge >= 0.3 is 0 Å². The molecule has 0 spiro atoms. The van der Waals surface area contributed by atoms with Gasteiger partial charge in [0.15, 0.2) is 6.61 Å². The third-order valence-electron chi connectivity index (χ3n) is 4.14. The van der Waals surface area contributed by atoms with Gasteiger partial charge in [0.05, 0.1) is 12.2 Å². The zero-order chi connectivity index (χ0) is 18.0. The van der Waals surface area contributed by atoms with Crippen LogP contribution in [-0.4, -0.2) is 27.4 Å². The molecule has 5 nitrogen and oxygen atoms in total. The predicted molar refractivity (Wildman–Crippen MR) is 96.5 cm³/mol. The van der Waals surface area contributed by atoms with Crippen LogP contribution in [0.2, 0.25) is 5.02 Å². The maximum absolute atomic E-state index is 12.5. The second kappa shape index (κ2) is 7.40. The minimum atomic E-state index is -0.0576. The minimum Gasteiger partial charge on any atom is -0.483 e. The lowest BCUT2D eigenvalue weighted by molar-refractivity contribution is -0.134. The first kappa shape index (κ1) is 17.7. The number of carbonyl (C=O) groups is 1. The van der Waals surface area contributed by atoms with Crippen LogP contribution in [0, 0.1) is 12.8 Å². The van der Waals surface area contributed by atoms with Crippen LogP contribution >= 0.6 is 11.6 Å². The van der Waals surface area contributed by atoms with Crippen LogP contribution < -0.4 is 4.74 Å². The summed E-state index contributed by atoms with van der Waals surface area (Å²) in [4.78, 5) is 23.2. The van der Waals surface area contributed by atoms with Gasteiger partial charge in [-0.1, -0.05) is 25.4 Å². The fourth-order valence-corrected chi connectivity index (χ4v) is 3.07. The Hall–Kier alpha value is -2.14. The van der Waals surface area contributed by atoms with Gasteiger partial charge in [-0.3, -0.25) is 4.79 Å². The summed E-state index contributed by atoms with van der Waals surface area (Å²) in [6, 6.07) is 5.36. The number of hydrogen-bond donors (Lipinski definition) is 0. The third-order valence-corrected chi connectivity index (χ3v) is 4.37. The number of nitrogens with zero attached hydrogens (tertiary/aromatic N) is 3. The van der Waals surface area contributed by atoms with Gasteiger partial charge in [-0.05, 0) is 36.6 Å². The largest absolute Gasteiger partial charge is 0.483 e. The van der Waals surface area contributed by atoms with E-state index in [2.05, 4.69) is 23.8 Å². The van der Waals surface area contributed by atoms with Gasteiger partial charge in [-0.15, -0.1) is 0 Å². The zero-order valence-corrected chi connectivity index (χ0v) is 15.5. The average Bonchev–Trinajstić information content (AvgIpc) is 2.96. The average molecular weight is 360 g/mol. The van der Waals surface area contributed by atoms with Gasteiger partial charge in [-0.2, -0.15) is 0 Å². The molecule has 2 aromatic rings. The summed E-state index contributed by atoms with van der Waals surface area (Å²) in [5.74, 6) is 1.97. The highest BCUT2D eigenvalue weighted by Crippen LogP contribution is 2.23. The molecule has 3 rings (SSSR count). The summed E-state index contributed by atoms with van der Waals surface area (Å²) in [5.41, 5.74) is 2.87. The van der Waals surface area contributed by atoms with Crippen molar-refractivity contribution in [3.05, 3.63) is 52.1 Å². The molecular weight excluding hydrogens is 338 g/mol. The fourth-order valence-electron chi connectivity index (χ4n) is 2.84. The summed E-state index contributed by atoms with van der Waals surface area (Å²) in [6.07, 6.45) is 2.69. The van der Waals surface area contributed by atoms with Crippen molar-refractivity contribution in [2.45, 2.75) is 40.3 Å². The molecule has 6 heteroatoms. The Bertz CT molecular complexity index is 792. The minimum absolute atomic E-state index is 0.00272. The Labute approximate surface area is 153 Å². The molecule has 132 valence electrons. The summed E-state index contributed by atoms with van der Waals surface area (Å²) in [7, 11) is 0. The lowest BCUT2D eigenvalue weighted by Crippen LogP contribution is -2.30. The molecule has 0 unspecified atom stereocenters. The Morgan fingerprint density at radius 1 is 1.36 bits per heavy atom. The van der Waals surface area contributed by atoms with E-state index in [9.17, 15) is 4.79 Å². The van der Waals surface area contributed by atoms with Gasteiger partial charge in [0.2, 0.25) is 0 Å². The SMILES string of the molecule is Cc1cc(Cl)ccc1OCC(=O)N1Cc2cnc(CC(C)C)nc2C1. The molecule has 25 heavy (non-hydrogen) atoms. The molecule has 1 aromatic heterocycles. The monoisotopic (exact) mass is 359 g/mol. The molecule has 0 bridgehead atoms. The lowest BCUT2D eigenvalue weighted by atomic mass is 10.1. The molecule has 1 aliphatic heterocycles. The summed E-state index contributed by atoms with van der Waals surface area (Å²) in [5, 5.41) is 0.655. The van der Waals surface area contributed by atoms with Gasteiger partial charge in [-0.25, -0.2) is 9.97 Å². The second-order valence-corrected chi connectivity index (χ2v) is 7.24. The summed E-state index contributed by atoms with van der Waals surface area (Å²) >= 11 is 5.94. The number of aromatic nitrogens is 2. The number of halogens is 1. The zero-order valence-electron chi connectivity index (χ0n) is 14.8. The predicted octanol–water partition coefficient (Wildman–Crippen LogP) is 3.56. The Balaban J connectivity index is 1.60. The van der Waals surface area contributed by atoms with E-state index < -0.39 is 0 Å². The molecule has 1 aliphatic rings. The molecule has 0 radical (unpaired) electrons. The molecular formula is C19H22ClN3O2. The van der Waals surface area contributed by atoms with Crippen molar-refractivity contribution in [2.75, 3.05) is 6.61 Å². The van der Waals surface area contributed by atoms with Crippen molar-refractivity contribution in [2.24, 2.45) is 5.92 Å². The topological polar surface area (TPSA) is 55.3 Å². The quantitative estimate of drug-likeness (QED) is 0.819. The van der Waals surface area contributed by atoms with Crippen molar-refractivity contribution in [1.29, 1.82) is 0 Å². The first-order valence-corrected chi connectivity index (χ1v) is 8.80. The number of aryl methyl sites for hydroxylation is 1. The first-order valence-electron chi connectivity index (χ1n) is 8.42. The normalized spacial score (nSPS) is 13.2. The molecule has 1 amide bonds. The smallest absolute Gasteiger partial charge is 0.261 e. The third kappa shape index (κ3) is 4.28. The van der Waals surface area contributed by atoms with E-state index in [1.165, 1.54) is 0 Å².